The van der Waals surface area contributed by atoms with E-state index in [0.717, 1.165) is 17.9 Å². The minimum Gasteiger partial charge on any atom is -0.388 e. The monoisotopic (exact) mass is 380 g/mol. The summed E-state index contributed by atoms with van der Waals surface area (Å²) in [6, 6.07) is 0. The van der Waals surface area contributed by atoms with Gasteiger partial charge in [0.15, 0.2) is 11.6 Å². The molecular weight excluding hydrogens is 352 g/mol. The first-order valence-electron chi connectivity index (χ1n) is 8.45. The first-order chi connectivity index (χ1) is 11.2. The Labute approximate surface area is 151 Å². The van der Waals surface area contributed by atoms with E-state index < -0.39 is 42.1 Å². The second-order valence-corrected chi connectivity index (χ2v) is 10.2. The highest BCUT2D eigenvalue weighted by Crippen LogP contribution is 2.41. The van der Waals surface area contributed by atoms with Crippen LogP contribution in [0.4, 0.5) is 0 Å². The van der Waals surface area contributed by atoms with Crippen molar-refractivity contribution in [2.75, 3.05) is 18.1 Å². The van der Waals surface area contributed by atoms with E-state index in [2.05, 4.69) is 0 Å². The number of hydrogen-bond acceptors (Lipinski definition) is 8. The van der Waals surface area contributed by atoms with Crippen LogP contribution in [0, 0.1) is 0 Å². The van der Waals surface area contributed by atoms with Gasteiger partial charge in [-0.3, -0.25) is 0 Å². The number of aliphatic hydroxyl groups excluding tert-OH is 2. The van der Waals surface area contributed by atoms with Crippen LogP contribution in [0.15, 0.2) is 0 Å². The normalized spacial score (nSPS) is 41.2. The SMILES string of the molecule is CC1(C)O[C@@H]([C@@H]2OC(C)(C)OC[C@H]2O)[C@H]([C@@H](O)C2SCCCS2)O1. The standard InChI is InChI=1S/C16H28O6S2/c1-15(2)19-8-9(17)11(20-15)13-12(21-16(3,4)22-13)10(18)14-23-6-5-7-24-14/h9-14,17-18H,5-8H2,1-4H3/t9-,10-,11-,12+,13+/m1/s1. The van der Waals surface area contributed by atoms with Crippen molar-refractivity contribution in [1.82, 2.24) is 0 Å². The molecule has 0 amide bonds. The Morgan fingerprint density at radius 2 is 1.58 bits per heavy atom. The van der Waals surface area contributed by atoms with Crippen molar-refractivity contribution in [3.63, 3.8) is 0 Å². The van der Waals surface area contributed by atoms with Crippen molar-refractivity contribution in [3.05, 3.63) is 0 Å². The van der Waals surface area contributed by atoms with Gasteiger partial charge in [0.25, 0.3) is 0 Å². The molecular formula is C16H28O6S2. The Hall–Kier alpha value is 0.460. The van der Waals surface area contributed by atoms with Gasteiger partial charge in [-0.05, 0) is 45.6 Å². The Balaban J connectivity index is 1.78. The van der Waals surface area contributed by atoms with Gasteiger partial charge >= 0.3 is 0 Å². The van der Waals surface area contributed by atoms with E-state index in [1.165, 1.54) is 0 Å². The van der Waals surface area contributed by atoms with Crippen molar-refractivity contribution in [3.8, 4) is 0 Å². The van der Waals surface area contributed by atoms with Crippen LogP contribution in [0.2, 0.25) is 0 Å². The molecule has 6 nitrogen and oxygen atoms in total. The maximum atomic E-state index is 10.9. The average Bonchev–Trinajstić information content (AvgIpc) is 2.85. The maximum absolute atomic E-state index is 10.9. The molecule has 2 N–H and O–H groups in total. The summed E-state index contributed by atoms with van der Waals surface area (Å²) in [4.78, 5) is 0. The highest BCUT2D eigenvalue weighted by atomic mass is 32.2. The molecule has 3 heterocycles. The van der Waals surface area contributed by atoms with Crippen LogP contribution in [0.5, 0.6) is 0 Å². The van der Waals surface area contributed by atoms with Crippen molar-refractivity contribution in [2.45, 2.75) is 80.8 Å². The van der Waals surface area contributed by atoms with Crippen LogP contribution in [0.3, 0.4) is 0 Å². The van der Waals surface area contributed by atoms with E-state index >= 15 is 0 Å². The summed E-state index contributed by atoms with van der Waals surface area (Å²) in [7, 11) is 0. The van der Waals surface area contributed by atoms with Gasteiger partial charge in [0.2, 0.25) is 0 Å². The molecule has 3 aliphatic rings. The molecule has 3 fully saturated rings. The van der Waals surface area contributed by atoms with Crippen LogP contribution in [-0.4, -0.2) is 75.0 Å². The van der Waals surface area contributed by atoms with E-state index in [0.29, 0.717) is 0 Å². The Kier molecular flexibility index (Phi) is 5.79. The zero-order chi connectivity index (χ0) is 17.5. The van der Waals surface area contributed by atoms with Gasteiger partial charge in [0.1, 0.15) is 30.5 Å². The van der Waals surface area contributed by atoms with E-state index in [1.54, 1.807) is 23.5 Å². The number of rotatable bonds is 3. The maximum Gasteiger partial charge on any atom is 0.164 e. The van der Waals surface area contributed by atoms with Gasteiger partial charge in [-0.15, -0.1) is 23.5 Å². The third-order valence-corrected chi connectivity index (χ3v) is 7.44. The largest absolute Gasteiger partial charge is 0.388 e. The molecule has 140 valence electrons. The highest BCUT2D eigenvalue weighted by Gasteiger charge is 2.54. The number of aliphatic hydroxyl groups is 2. The third kappa shape index (κ3) is 4.23. The molecule has 0 spiro atoms. The van der Waals surface area contributed by atoms with Crippen LogP contribution in [0.25, 0.3) is 0 Å². The number of thioether (sulfide) groups is 2. The van der Waals surface area contributed by atoms with Crippen LogP contribution >= 0.6 is 23.5 Å². The minimum absolute atomic E-state index is 0.0498. The summed E-state index contributed by atoms with van der Waals surface area (Å²) in [5.74, 6) is 0.454. The fraction of sp³-hybridized carbons (Fsp3) is 1.00. The molecule has 3 saturated heterocycles. The molecule has 0 aromatic heterocycles. The molecule has 0 bridgehead atoms. The lowest BCUT2D eigenvalue weighted by molar-refractivity contribution is -0.323. The Morgan fingerprint density at radius 3 is 2.25 bits per heavy atom. The van der Waals surface area contributed by atoms with Crippen molar-refractivity contribution in [1.29, 1.82) is 0 Å². The first kappa shape index (κ1) is 19.2. The fourth-order valence-corrected chi connectivity index (χ4v) is 6.24. The van der Waals surface area contributed by atoms with Gasteiger partial charge in [0, 0.05) is 0 Å². The predicted molar refractivity (Wildman–Crippen MR) is 94.1 cm³/mol. The summed E-state index contributed by atoms with van der Waals surface area (Å²) >= 11 is 3.51. The summed E-state index contributed by atoms with van der Waals surface area (Å²) in [5.41, 5.74) is 0. The molecule has 3 aliphatic heterocycles. The lowest BCUT2D eigenvalue weighted by Gasteiger charge is -2.42. The van der Waals surface area contributed by atoms with E-state index in [1.807, 2.05) is 27.7 Å². The summed E-state index contributed by atoms with van der Waals surface area (Å²) in [6.07, 6.45) is -2.04. The first-order valence-corrected chi connectivity index (χ1v) is 10.5. The molecule has 0 aromatic rings. The van der Waals surface area contributed by atoms with Gasteiger partial charge in [-0.25, -0.2) is 0 Å². The lowest BCUT2D eigenvalue weighted by atomic mass is 9.98. The predicted octanol–water partition coefficient (Wildman–Crippen LogP) is 1.58. The van der Waals surface area contributed by atoms with Gasteiger partial charge in [-0.2, -0.15) is 0 Å². The molecule has 0 unspecified atom stereocenters. The highest BCUT2D eigenvalue weighted by molar-refractivity contribution is 8.17. The smallest absolute Gasteiger partial charge is 0.164 e. The molecule has 0 saturated carbocycles. The minimum atomic E-state index is -0.828. The van der Waals surface area contributed by atoms with Gasteiger partial charge in [-0.1, -0.05) is 0 Å². The molecule has 5 atom stereocenters. The number of hydrogen-bond donors (Lipinski definition) is 2. The van der Waals surface area contributed by atoms with Crippen LogP contribution in [-0.2, 0) is 18.9 Å². The second kappa shape index (κ2) is 7.23. The summed E-state index contributed by atoms with van der Waals surface area (Å²) in [5, 5.41) is 21.3. The zero-order valence-electron chi connectivity index (χ0n) is 14.6. The average molecular weight is 381 g/mol. The van der Waals surface area contributed by atoms with E-state index in [9.17, 15) is 10.2 Å². The Bertz CT molecular complexity index is 440. The van der Waals surface area contributed by atoms with Crippen molar-refractivity contribution < 1.29 is 29.2 Å². The van der Waals surface area contributed by atoms with Gasteiger partial charge < -0.3 is 29.2 Å². The fourth-order valence-electron chi connectivity index (χ4n) is 3.30. The molecule has 0 aromatic carbocycles. The topological polar surface area (TPSA) is 77.4 Å². The van der Waals surface area contributed by atoms with Crippen molar-refractivity contribution in [2.24, 2.45) is 0 Å². The zero-order valence-corrected chi connectivity index (χ0v) is 16.3. The lowest BCUT2D eigenvalue weighted by Crippen LogP contribution is -2.58. The Morgan fingerprint density at radius 1 is 0.958 bits per heavy atom. The quantitative estimate of drug-likeness (QED) is 0.764. The van der Waals surface area contributed by atoms with Gasteiger partial charge in [0.05, 0.1) is 11.2 Å². The van der Waals surface area contributed by atoms with E-state index in [4.69, 9.17) is 18.9 Å². The summed E-state index contributed by atoms with van der Waals surface area (Å²) in [6.45, 7) is 7.44. The third-order valence-electron chi connectivity index (χ3n) is 4.36. The molecule has 3 rings (SSSR count). The summed E-state index contributed by atoms with van der Waals surface area (Å²) < 4.78 is 23.5. The number of ether oxygens (including phenoxy) is 4. The molecule has 0 aliphatic carbocycles. The molecule has 24 heavy (non-hydrogen) atoms. The molecule has 0 radical (unpaired) electrons. The van der Waals surface area contributed by atoms with E-state index in [-0.39, 0.29) is 11.2 Å². The van der Waals surface area contributed by atoms with Crippen LogP contribution < -0.4 is 0 Å². The van der Waals surface area contributed by atoms with Crippen molar-refractivity contribution >= 4 is 23.5 Å². The molecule has 8 heteroatoms. The van der Waals surface area contributed by atoms with Crippen LogP contribution in [0.1, 0.15) is 34.1 Å². The second-order valence-electron chi connectivity index (χ2n) is 7.38.